The van der Waals surface area contributed by atoms with Gasteiger partial charge in [-0.05, 0) is 13.3 Å². The Morgan fingerprint density at radius 3 is 2.85 bits per heavy atom. The molecular weight excluding hydrogens is 346 g/mol. The first kappa shape index (κ1) is 18.8. The molecule has 7 nitrogen and oxygen atoms in total. The number of ether oxygens (including phenoxy) is 2. The maximum Gasteiger partial charge on any atom is 0.257 e. The van der Waals surface area contributed by atoms with E-state index >= 15 is 0 Å². The maximum atomic E-state index is 13.4. The number of piperidine rings is 1. The van der Waals surface area contributed by atoms with Gasteiger partial charge < -0.3 is 19.5 Å². The average Bonchev–Trinajstić information content (AvgIpc) is 2.67. The number of carbonyl (C=O) groups excluding carboxylic acids is 1. The van der Waals surface area contributed by atoms with Crippen molar-refractivity contribution in [1.29, 1.82) is 0 Å². The molecule has 3 aliphatic rings. The van der Waals surface area contributed by atoms with Crippen LogP contribution in [0.4, 0.5) is 0 Å². The van der Waals surface area contributed by atoms with Crippen LogP contribution in [0, 0.1) is 18.8 Å². The maximum absolute atomic E-state index is 13.4. The number of aryl methyl sites for hydroxylation is 1. The van der Waals surface area contributed by atoms with E-state index in [0.717, 1.165) is 12.2 Å². The van der Waals surface area contributed by atoms with Gasteiger partial charge in [0, 0.05) is 56.2 Å². The second-order valence-corrected chi connectivity index (χ2v) is 8.39. The van der Waals surface area contributed by atoms with Gasteiger partial charge >= 0.3 is 0 Å². The van der Waals surface area contributed by atoms with E-state index in [9.17, 15) is 9.90 Å². The number of likely N-dealkylation sites (tertiary alicyclic amines) is 1. The molecule has 0 bridgehead atoms. The Bertz CT molecular complexity index is 725. The van der Waals surface area contributed by atoms with Crippen LogP contribution in [0.15, 0.2) is 6.20 Å². The molecule has 0 unspecified atom stereocenters. The number of fused-ring (bicyclic) bond motifs is 3. The van der Waals surface area contributed by atoms with Crippen LogP contribution in [0.3, 0.4) is 0 Å². The van der Waals surface area contributed by atoms with Crippen molar-refractivity contribution in [1.82, 2.24) is 14.9 Å². The van der Waals surface area contributed by atoms with Crippen LogP contribution in [0.5, 0.6) is 0 Å². The molecule has 3 fully saturated rings. The van der Waals surface area contributed by atoms with Crippen LogP contribution in [-0.2, 0) is 9.47 Å². The molecule has 4 rings (SSSR count). The largest absolute Gasteiger partial charge is 0.389 e. The van der Waals surface area contributed by atoms with Crippen molar-refractivity contribution in [3.05, 3.63) is 23.3 Å². The minimum absolute atomic E-state index is 0.0187. The van der Waals surface area contributed by atoms with Crippen molar-refractivity contribution >= 4 is 5.91 Å². The minimum Gasteiger partial charge on any atom is -0.389 e. The molecule has 0 radical (unpaired) electrons. The number of aromatic nitrogens is 2. The van der Waals surface area contributed by atoms with Gasteiger partial charge in [0.15, 0.2) is 0 Å². The Kier molecular flexibility index (Phi) is 4.94. The van der Waals surface area contributed by atoms with E-state index in [0.29, 0.717) is 50.7 Å². The van der Waals surface area contributed by atoms with Crippen molar-refractivity contribution < 1.29 is 19.4 Å². The lowest BCUT2D eigenvalue weighted by Gasteiger charge is -2.57. The Morgan fingerprint density at radius 1 is 1.33 bits per heavy atom. The lowest BCUT2D eigenvalue weighted by molar-refractivity contribution is -0.212. The number of carbonyl (C=O) groups is 1. The topological polar surface area (TPSA) is 84.8 Å². The molecule has 1 N–H and O–H groups in total. The summed E-state index contributed by atoms with van der Waals surface area (Å²) in [5.74, 6) is 0.759. The van der Waals surface area contributed by atoms with Gasteiger partial charge in [0.1, 0.15) is 5.82 Å². The molecule has 27 heavy (non-hydrogen) atoms. The average molecular weight is 375 g/mol. The van der Waals surface area contributed by atoms with Gasteiger partial charge in [-0.1, -0.05) is 13.8 Å². The van der Waals surface area contributed by atoms with E-state index in [2.05, 4.69) is 9.97 Å². The van der Waals surface area contributed by atoms with E-state index < -0.39 is 5.60 Å². The molecule has 1 aromatic rings. The third-order valence-electron chi connectivity index (χ3n) is 6.46. The summed E-state index contributed by atoms with van der Waals surface area (Å²) in [7, 11) is 0. The number of hydrogen-bond acceptors (Lipinski definition) is 6. The number of hydrogen-bond donors (Lipinski definition) is 1. The molecule has 0 saturated carbocycles. The van der Waals surface area contributed by atoms with Crippen molar-refractivity contribution in [2.45, 2.75) is 51.2 Å². The second-order valence-electron chi connectivity index (χ2n) is 8.39. The quantitative estimate of drug-likeness (QED) is 0.844. The molecule has 7 heteroatoms. The first-order valence-electron chi connectivity index (χ1n) is 9.94. The molecule has 3 saturated heterocycles. The zero-order valence-electron chi connectivity index (χ0n) is 16.4. The molecule has 1 aromatic heterocycles. The summed E-state index contributed by atoms with van der Waals surface area (Å²) in [5.41, 5.74) is 0.447. The van der Waals surface area contributed by atoms with Crippen LogP contribution >= 0.6 is 0 Å². The van der Waals surface area contributed by atoms with Gasteiger partial charge in [-0.25, -0.2) is 9.97 Å². The highest BCUT2D eigenvalue weighted by Crippen LogP contribution is 2.44. The highest BCUT2D eigenvalue weighted by atomic mass is 16.5. The standard InChI is InChI=1S/C20H29N3O4/c1-12(2)18-21-8-15(13(3)22-18)19(24)23-9-14-10-27-7-5-20(14,25)16-11-26-6-4-17(16)23/h8,12,14,16-17,25H,4-7,9-11H2,1-3H3/t14-,16+,17-,20-/m0/s1. The van der Waals surface area contributed by atoms with Gasteiger partial charge in [-0.2, -0.15) is 0 Å². The van der Waals surface area contributed by atoms with Gasteiger partial charge in [0.05, 0.1) is 30.1 Å². The Hall–Kier alpha value is -1.57. The molecule has 1 amide bonds. The third-order valence-corrected chi connectivity index (χ3v) is 6.46. The SMILES string of the molecule is Cc1nc(C(C)C)ncc1C(=O)N1C[C@H]2COCC[C@@]2(O)[C@@H]2COCC[C@@H]21. The summed E-state index contributed by atoms with van der Waals surface area (Å²) in [6, 6.07) is -0.0187. The first-order valence-corrected chi connectivity index (χ1v) is 9.94. The summed E-state index contributed by atoms with van der Waals surface area (Å²) < 4.78 is 11.3. The van der Waals surface area contributed by atoms with Crippen molar-refractivity contribution in [3.63, 3.8) is 0 Å². The highest BCUT2D eigenvalue weighted by molar-refractivity contribution is 5.95. The predicted molar refractivity (Wildman–Crippen MR) is 98.5 cm³/mol. The molecule has 0 aliphatic carbocycles. The number of amides is 1. The van der Waals surface area contributed by atoms with E-state index in [4.69, 9.17) is 9.47 Å². The molecule has 148 valence electrons. The normalized spacial score (nSPS) is 33.5. The van der Waals surface area contributed by atoms with E-state index in [1.807, 2.05) is 25.7 Å². The monoisotopic (exact) mass is 375 g/mol. The fourth-order valence-corrected chi connectivity index (χ4v) is 4.82. The molecular formula is C20H29N3O4. The molecule has 0 spiro atoms. The van der Waals surface area contributed by atoms with Crippen LogP contribution in [0.25, 0.3) is 0 Å². The fraction of sp³-hybridized carbons (Fsp3) is 0.750. The zero-order valence-corrected chi connectivity index (χ0v) is 16.4. The lowest BCUT2D eigenvalue weighted by Crippen LogP contribution is -2.68. The Balaban J connectivity index is 1.65. The zero-order chi connectivity index (χ0) is 19.2. The van der Waals surface area contributed by atoms with E-state index in [-0.39, 0.29) is 29.7 Å². The highest BCUT2D eigenvalue weighted by Gasteiger charge is 2.56. The van der Waals surface area contributed by atoms with E-state index in [1.54, 1.807) is 6.20 Å². The summed E-state index contributed by atoms with van der Waals surface area (Å²) in [4.78, 5) is 24.3. The Labute approximate surface area is 160 Å². The summed E-state index contributed by atoms with van der Waals surface area (Å²) >= 11 is 0. The number of nitrogens with zero attached hydrogens (tertiary/aromatic N) is 3. The van der Waals surface area contributed by atoms with Crippen LogP contribution < -0.4 is 0 Å². The lowest BCUT2D eigenvalue weighted by atomic mass is 9.66. The molecule has 4 atom stereocenters. The number of rotatable bonds is 2. The van der Waals surface area contributed by atoms with Crippen molar-refractivity contribution in [3.8, 4) is 0 Å². The predicted octanol–water partition coefficient (Wildman–Crippen LogP) is 1.54. The van der Waals surface area contributed by atoms with Gasteiger partial charge in [-0.3, -0.25) is 4.79 Å². The third kappa shape index (κ3) is 3.15. The molecule has 0 aromatic carbocycles. The first-order chi connectivity index (χ1) is 12.9. The van der Waals surface area contributed by atoms with E-state index in [1.165, 1.54) is 0 Å². The van der Waals surface area contributed by atoms with Crippen LogP contribution in [-0.4, -0.2) is 70.5 Å². The Morgan fingerprint density at radius 2 is 2.11 bits per heavy atom. The molecule has 4 heterocycles. The second kappa shape index (κ2) is 7.11. The number of aliphatic hydroxyl groups is 1. The van der Waals surface area contributed by atoms with Gasteiger partial charge in [0.2, 0.25) is 0 Å². The minimum atomic E-state index is -0.812. The van der Waals surface area contributed by atoms with Crippen LogP contribution in [0.1, 0.15) is 54.5 Å². The smallest absolute Gasteiger partial charge is 0.257 e. The van der Waals surface area contributed by atoms with Gasteiger partial charge in [-0.15, -0.1) is 0 Å². The summed E-state index contributed by atoms with van der Waals surface area (Å²) in [5, 5.41) is 11.4. The summed E-state index contributed by atoms with van der Waals surface area (Å²) in [6.45, 7) is 8.59. The summed E-state index contributed by atoms with van der Waals surface area (Å²) in [6.07, 6.45) is 3.01. The fourth-order valence-electron chi connectivity index (χ4n) is 4.82. The van der Waals surface area contributed by atoms with Crippen LogP contribution in [0.2, 0.25) is 0 Å². The molecule has 3 aliphatic heterocycles. The van der Waals surface area contributed by atoms with Crippen molar-refractivity contribution in [2.75, 3.05) is 33.0 Å². The van der Waals surface area contributed by atoms with Gasteiger partial charge in [0.25, 0.3) is 5.91 Å². The van der Waals surface area contributed by atoms with Crippen molar-refractivity contribution in [2.24, 2.45) is 11.8 Å².